The van der Waals surface area contributed by atoms with Gasteiger partial charge in [-0.1, -0.05) is 0 Å². The smallest absolute Gasteiger partial charge is 0.168 e. The predicted molar refractivity (Wildman–Crippen MR) is 64.0 cm³/mol. The number of nitrogens with zero attached hydrogens (tertiary/aromatic N) is 2. The number of hydrogen-bond acceptors (Lipinski definition) is 4. The Labute approximate surface area is 103 Å². The second kappa shape index (κ2) is 5.03. The molecular formula is C12H13F2N3O. The summed E-state index contributed by atoms with van der Waals surface area (Å²) in [5.74, 6) is -1.22. The van der Waals surface area contributed by atoms with Crippen LogP contribution in [-0.4, -0.2) is 11.5 Å². The molecular weight excluding hydrogens is 240 g/mol. The molecule has 0 aromatic carbocycles. The molecule has 2 aromatic rings. The average molecular weight is 253 g/mol. The third-order valence-electron chi connectivity index (χ3n) is 2.55. The zero-order chi connectivity index (χ0) is 13.1. The Hall–Kier alpha value is -2.11. The van der Waals surface area contributed by atoms with E-state index in [0.29, 0.717) is 18.8 Å². The van der Waals surface area contributed by atoms with Gasteiger partial charge in [0.1, 0.15) is 5.76 Å². The molecule has 0 unspecified atom stereocenters. The topological polar surface area (TPSA) is 55.3 Å². The van der Waals surface area contributed by atoms with Gasteiger partial charge in [0.05, 0.1) is 12.8 Å². The lowest BCUT2D eigenvalue weighted by Gasteiger charge is -2.21. The molecule has 2 rings (SSSR count). The molecule has 0 saturated carbocycles. The Bertz CT molecular complexity index is 528. The monoisotopic (exact) mass is 253 g/mol. The van der Waals surface area contributed by atoms with Crippen LogP contribution in [0.15, 0.2) is 28.9 Å². The first kappa shape index (κ1) is 12.3. The number of halogens is 2. The molecule has 18 heavy (non-hydrogen) atoms. The van der Waals surface area contributed by atoms with Crippen LogP contribution in [-0.2, 0) is 6.54 Å². The van der Waals surface area contributed by atoms with Crippen molar-refractivity contribution in [1.29, 1.82) is 0 Å². The number of pyridine rings is 1. The Morgan fingerprint density at radius 3 is 2.78 bits per heavy atom. The van der Waals surface area contributed by atoms with Gasteiger partial charge >= 0.3 is 0 Å². The van der Waals surface area contributed by atoms with E-state index in [4.69, 9.17) is 10.2 Å². The summed E-state index contributed by atoms with van der Waals surface area (Å²) in [6, 6.07) is 4.25. The number of nitrogen functional groups attached to an aromatic ring is 1. The summed E-state index contributed by atoms with van der Waals surface area (Å²) in [6.07, 6.45) is 1.53. The molecule has 0 radical (unpaired) electrons. The summed E-state index contributed by atoms with van der Waals surface area (Å²) >= 11 is 0. The first-order valence-corrected chi connectivity index (χ1v) is 5.50. The van der Waals surface area contributed by atoms with Crippen molar-refractivity contribution in [3.05, 3.63) is 41.9 Å². The number of hydrogen-bond donors (Lipinski definition) is 1. The molecule has 0 saturated heterocycles. The molecule has 0 aliphatic heterocycles. The molecule has 0 amide bonds. The molecule has 4 nitrogen and oxygen atoms in total. The lowest BCUT2D eigenvalue weighted by atomic mass is 10.3. The number of aromatic nitrogens is 1. The number of furan rings is 1. The highest BCUT2D eigenvalue weighted by atomic mass is 19.1. The molecule has 96 valence electrons. The van der Waals surface area contributed by atoms with Crippen LogP contribution < -0.4 is 10.6 Å². The van der Waals surface area contributed by atoms with Crippen LogP contribution in [0.4, 0.5) is 20.4 Å². The zero-order valence-electron chi connectivity index (χ0n) is 9.86. The summed E-state index contributed by atoms with van der Waals surface area (Å²) in [5.41, 5.74) is 5.35. The van der Waals surface area contributed by atoms with E-state index >= 15 is 0 Å². The molecule has 0 aliphatic rings. The summed E-state index contributed by atoms with van der Waals surface area (Å²) < 4.78 is 31.9. The minimum absolute atomic E-state index is 0.0211. The Kier molecular flexibility index (Phi) is 3.45. The summed E-state index contributed by atoms with van der Waals surface area (Å²) in [6.45, 7) is 2.68. The van der Waals surface area contributed by atoms with Gasteiger partial charge in [-0.25, -0.2) is 13.8 Å². The van der Waals surface area contributed by atoms with Gasteiger partial charge in [-0.15, -0.1) is 0 Å². The van der Waals surface area contributed by atoms with Crippen molar-refractivity contribution < 1.29 is 13.2 Å². The Morgan fingerprint density at radius 1 is 1.39 bits per heavy atom. The highest BCUT2D eigenvalue weighted by Crippen LogP contribution is 2.22. The molecule has 0 bridgehead atoms. The molecule has 6 heteroatoms. The van der Waals surface area contributed by atoms with Crippen LogP contribution in [0.5, 0.6) is 0 Å². The number of anilines is 2. The van der Waals surface area contributed by atoms with Crippen molar-refractivity contribution in [2.24, 2.45) is 0 Å². The normalized spacial score (nSPS) is 10.6. The standard InChI is InChI=1S/C12H13F2N3O/c1-2-17(7-8-4-3-5-18-8)12-10(14)6-9(13)11(15)16-12/h3-6H,2,7H2,1H3,(H2,15,16). The zero-order valence-corrected chi connectivity index (χ0v) is 9.86. The van der Waals surface area contributed by atoms with Gasteiger partial charge in [-0.05, 0) is 19.1 Å². The van der Waals surface area contributed by atoms with Crippen LogP contribution in [0.1, 0.15) is 12.7 Å². The highest BCUT2D eigenvalue weighted by molar-refractivity contribution is 5.47. The maximum absolute atomic E-state index is 13.7. The predicted octanol–water partition coefficient (Wildman–Crippen LogP) is 2.56. The van der Waals surface area contributed by atoms with Crippen molar-refractivity contribution in [2.75, 3.05) is 17.2 Å². The third-order valence-corrected chi connectivity index (χ3v) is 2.55. The van der Waals surface area contributed by atoms with Gasteiger partial charge in [-0.2, -0.15) is 0 Å². The molecule has 2 aromatic heterocycles. The van der Waals surface area contributed by atoms with Crippen molar-refractivity contribution in [3.8, 4) is 0 Å². The molecule has 2 N–H and O–H groups in total. The van der Waals surface area contributed by atoms with Gasteiger partial charge in [0, 0.05) is 12.6 Å². The number of rotatable bonds is 4. The van der Waals surface area contributed by atoms with E-state index in [2.05, 4.69) is 4.98 Å². The lowest BCUT2D eigenvalue weighted by Crippen LogP contribution is -2.24. The average Bonchev–Trinajstić information content (AvgIpc) is 2.84. The van der Waals surface area contributed by atoms with E-state index in [1.807, 2.05) is 6.92 Å². The van der Waals surface area contributed by atoms with E-state index in [0.717, 1.165) is 6.07 Å². The van der Waals surface area contributed by atoms with E-state index in [-0.39, 0.29) is 11.6 Å². The summed E-state index contributed by atoms with van der Waals surface area (Å²) in [7, 11) is 0. The van der Waals surface area contributed by atoms with Gasteiger partial charge in [0.25, 0.3) is 0 Å². The van der Waals surface area contributed by atoms with Crippen LogP contribution in [0.3, 0.4) is 0 Å². The minimum atomic E-state index is -0.856. The van der Waals surface area contributed by atoms with Gasteiger partial charge < -0.3 is 15.1 Å². The van der Waals surface area contributed by atoms with E-state index in [1.165, 1.54) is 6.26 Å². The van der Waals surface area contributed by atoms with Gasteiger partial charge in [0.15, 0.2) is 23.3 Å². The van der Waals surface area contributed by atoms with Crippen molar-refractivity contribution in [3.63, 3.8) is 0 Å². The summed E-state index contributed by atoms with van der Waals surface area (Å²) in [5, 5.41) is 0. The largest absolute Gasteiger partial charge is 0.467 e. The van der Waals surface area contributed by atoms with Gasteiger partial charge in [-0.3, -0.25) is 0 Å². The Balaban J connectivity index is 2.30. The lowest BCUT2D eigenvalue weighted by molar-refractivity contribution is 0.499. The maximum atomic E-state index is 13.7. The SMILES string of the molecule is CCN(Cc1ccco1)c1nc(N)c(F)cc1F. The fraction of sp³-hybridized carbons (Fsp3) is 0.250. The minimum Gasteiger partial charge on any atom is -0.467 e. The first-order chi connectivity index (χ1) is 8.61. The fourth-order valence-electron chi connectivity index (χ4n) is 1.62. The van der Waals surface area contributed by atoms with Crippen LogP contribution in [0.2, 0.25) is 0 Å². The maximum Gasteiger partial charge on any atom is 0.168 e. The number of nitrogens with two attached hydrogens (primary N) is 1. The molecule has 0 aliphatic carbocycles. The second-order valence-electron chi connectivity index (χ2n) is 3.75. The van der Waals surface area contributed by atoms with Crippen LogP contribution >= 0.6 is 0 Å². The third kappa shape index (κ3) is 2.42. The fourth-order valence-corrected chi connectivity index (χ4v) is 1.62. The molecule has 0 atom stereocenters. The molecule has 0 fully saturated rings. The van der Waals surface area contributed by atoms with E-state index < -0.39 is 11.6 Å². The second-order valence-corrected chi connectivity index (χ2v) is 3.75. The first-order valence-electron chi connectivity index (χ1n) is 5.50. The highest BCUT2D eigenvalue weighted by Gasteiger charge is 2.16. The van der Waals surface area contributed by atoms with Crippen molar-refractivity contribution in [1.82, 2.24) is 4.98 Å². The molecule has 0 spiro atoms. The molecule has 2 heterocycles. The van der Waals surface area contributed by atoms with E-state index in [9.17, 15) is 8.78 Å². The van der Waals surface area contributed by atoms with E-state index in [1.54, 1.807) is 17.0 Å². The van der Waals surface area contributed by atoms with Crippen LogP contribution in [0.25, 0.3) is 0 Å². The van der Waals surface area contributed by atoms with Gasteiger partial charge in [0.2, 0.25) is 0 Å². The van der Waals surface area contributed by atoms with Crippen LogP contribution in [0, 0.1) is 11.6 Å². The quantitative estimate of drug-likeness (QED) is 0.909. The van der Waals surface area contributed by atoms with Crippen molar-refractivity contribution >= 4 is 11.6 Å². The van der Waals surface area contributed by atoms with Crippen molar-refractivity contribution in [2.45, 2.75) is 13.5 Å². The summed E-state index contributed by atoms with van der Waals surface area (Å²) in [4.78, 5) is 5.35. The Morgan fingerprint density at radius 2 is 2.17 bits per heavy atom.